The molecule has 1 aliphatic heterocycles. The topological polar surface area (TPSA) is 48.5 Å². The van der Waals surface area contributed by atoms with Crippen molar-refractivity contribution in [3.05, 3.63) is 64.7 Å². The fraction of sp³-hybridized carbons (Fsp3) is 0.278. The molecule has 1 fully saturated rings. The number of hydrogen-bond donors (Lipinski definition) is 3. The van der Waals surface area contributed by atoms with Crippen molar-refractivity contribution in [3.63, 3.8) is 0 Å². The van der Waals surface area contributed by atoms with Gasteiger partial charge in [0.15, 0.2) is 5.17 Å². The van der Waals surface area contributed by atoms with Gasteiger partial charge in [0.25, 0.3) is 0 Å². The van der Waals surface area contributed by atoms with Gasteiger partial charge in [0.05, 0.1) is 5.02 Å². The minimum absolute atomic E-state index is 0.00372. The molecule has 2 aromatic rings. The molecule has 2 aromatic carbocycles. The molecule has 0 radical (unpaired) electrons. The molecule has 0 bridgehead atoms. The number of nitrogens with one attached hydrogen (secondary N) is 3. The zero-order valence-corrected chi connectivity index (χ0v) is 15.8. The first-order chi connectivity index (χ1) is 12.5. The monoisotopic (exact) mass is 396 g/mol. The first-order valence-electron chi connectivity index (χ1n) is 8.09. The minimum atomic E-state index is -0.477. The Morgan fingerprint density at radius 1 is 1.15 bits per heavy atom. The first-order valence-corrected chi connectivity index (χ1v) is 9.69. The van der Waals surface area contributed by atoms with Crippen LogP contribution in [0.25, 0.3) is 0 Å². The normalized spacial score (nSPS) is 23.3. The average molecular weight is 397 g/mol. The number of aliphatic imine (C=N–C) groups is 1. The third-order valence-corrected chi connectivity index (χ3v) is 5.11. The summed E-state index contributed by atoms with van der Waals surface area (Å²) in [5, 5.41) is 3.77. The third-order valence-electron chi connectivity index (χ3n) is 4.22. The lowest BCUT2D eigenvalue weighted by Gasteiger charge is -2.20. The van der Waals surface area contributed by atoms with Gasteiger partial charge in [-0.2, -0.15) is 0 Å². The quantitative estimate of drug-likeness (QED) is 0.533. The molecule has 3 atom stereocenters. The van der Waals surface area contributed by atoms with Crippen LogP contribution < -0.4 is 16.2 Å². The van der Waals surface area contributed by atoms with Crippen molar-refractivity contribution in [2.24, 2.45) is 4.99 Å². The molecule has 0 aromatic heterocycles. The molecule has 1 heterocycles. The number of halogens is 3. The van der Waals surface area contributed by atoms with E-state index in [1.165, 1.54) is 30.0 Å². The molecular formula is C18H19ClF2N4S. The summed E-state index contributed by atoms with van der Waals surface area (Å²) in [6.07, 6.45) is 1.52. The molecule has 4 nitrogen and oxygen atoms in total. The highest BCUT2D eigenvalue weighted by molar-refractivity contribution is 8.13. The van der Waals surface area contributed by atoms with E-state index in [9.17, 15) is 8.78 Å². The molecule has 0 aliphatic carbocycles. The average Bonchev–Trinajstić information content (AvgIpc) is 2.98. The molecule has 3 rings (SSSR count). The van der Waals surface area contributed by atoms with E-state index >= 15 is 0 Å². The van der Waals surface area contributed by atoms with Crippen LogP contribution in [0.2, 0.25) is 5.02 Å². The van der Waals surface area contributed by atoms with E-state index in [4.69, 9.17) is 11.6 Å². The smallest absolute Gasteiger partial charge is 0.162 e. The Bertz CT molecular complexity index is 818. The lowest BCUT2D eigenvalue weighted by atomic mass is 9.91. The van der Waals surface area contributed by atoms with E-state index in [0.717, 1.165) is 0 Å². The highest BCUT2D eigenvalue weighted by atomic mass is 35.5. The van der Waals surface area contributed by atoms with Gasteiger partial charge < -0.3 is 5.32 Å². The van der Waals surface area contributed by atoms with E-state index in [1.807, 2.05) is 19.2 Å². The molecule has 3 N–H and O–H groups in total. The van der Waals surface area contributed by atoms with Gasteiger partial charge in [-0.15, -0.1) is 0 Å². The third kappa shape index (κ3) is 4.17. The summed E-state index contributed by atoms with van der Waals surface area (Å²) in [6, 6.07) is 11.1. The maximum absolute atomic E-state index is 14.3. The zero-order valence-electron chi connectivity index (χ0n) is 14.3. The predicted molar refractivity (Wildman–Crippen MR) is 105 cm³/mol. The highest BCUT2D eigenvalue weighted by Crippen LogP contribution is 2.30. The Kier molecular flexibility index (Phi) is 6.13. The summed E-state index contributed by atoms with van der Waals surface area (Å²) in [5.74, 6) is -0.897. The van der Waals surface area contributed by atoms with Crippen molar-refractivity contribution in [1.82, 2.24) is 10.9 Å². The van der Waals surface area contributed by atoms with E-state index in [1.54, 1.807) is 18.2 Å². The van der Waals surface area contributed by atoms with Crippen LogP contribution in [-0.4, -0.2) is 23.6 Å². The second-order valence-corrected chi connectivity index (χ2v) is 7.16. The fourth-order valence-electron chi connectivity index (χ4n) is 2.93. The van der Waals surface area contributed by atoms with Crippen LogP contribution in [0.4, 0.5) is 14.5 Å². The van der Waals surface area contributed by atoms with Crippen LogP contribution in [0.15, 0.2) is 47.5 Å². The van der Waals surface area contributed by atoms with Crippen molar-refractivity contribution >= 4 is 34.2 Å². The number of rotatable bonds is 3. The summed E-state index contributed by atoms with van der Waals surface area (Å²) in [6.45, 7) is 1.98. The SMILES string of the molecule is CS/C(=N\C1NNC(C)C1c1ccccc1F)Nc1ccc(F)c(Cl)c1. The number of hydrogen-bond acceptors (Lipinski definition) is 4. The van der Waals surface area contributed by atoms with Crippen LogP contribution in [0.3, 0.4) is 0 Å². The Morgan fingerprint density at radius 2 is 1.92 bits per heavy atom. The van der Waals surface area contributed by atoms with Gasteiger partial charge in [-0.05, 0) is 43.0 Å². The Balaban J connectivity index is 1.85. The van der Waals surface area contributed by atoms with Gasteiger partial charge in [-0.1, -0.05) is 41.6 Å². The van der Waals surface area contributed by atoms with Gasteiger partial charge in [0.1, 0.15) is 17.8 Å². The van der Waals surface area contributed by atoms with E-state index in [0.29, 0.717) is 16.4 Å². The van der Waals surface area contributed by atoms with E-state index < -0.39 is 5.82 Å². The largest absolute Gasteiger partial charge is 0.335 e. The summed E-state index contributed by atoms with van der Waals surface area (Å²) < 4.78 is 27.6. The van der Waals surface area contributed by atoms with Crippen molar-refractivity contribution in [2.45, 2.75) is 25.0 Å². The lowest BCUT2D eigenvalue weighted by Crippen LogP contribution is -2.32. The summed E-state index contributed by atoms with van der Waals surface area (Å²) in [4.78, 5) is 4.68. The number of amidine groups is 1. The van der Waals surface area contributed by atoms with Crippen LogP contribution >= 0.6 is 23.4 Å². The first kappa shape index (κ1) is 19.1. The highest BCUT2D eigenvalue weighted by Gasteiger charge is 2.36. The molecule has 3 unspecified atom stereocenters. The van der Waals surface area contributed by atoms with Crippen LogP contribution in [-0.2, 0) is 0 Å². The Morgan fingerprint density at radius 3 is 2.62 bits per heavy atom. The Labute approximate surface area is 160 Å². The van der Waals surface area contributed by atoms with Crippen molar-refractivity contribution in [1.29, 1.82) is 0 Å². The molecule has 1 aliphatic rings. The molecule has 0 spiro atoms. The molecule has 8 heteroatoms. The maximum Gasteiger partial charge on any atom is 0.162 e. The molecule has 0 amide bonds. The number of benzene rings is 2. The van der Waals surface area contributed by atoms with Gasteiger partial charge >= 0.3 is 0 Å². The van der Waals surface area contributed by atoms with E-state index in [2.05, 4.69) is 21.2 Å². The fourth-order valence-corrected chi connectivity index (χ4v) is 3.55. The van der Waals surface area contributed by atoms with E-state index in [-0.39, 0.29) is 29.0 Å². The van der Waals surface area contributed by atoms with Crippen LogP contribution in [0, 0.1) is 11.6 Å². The maximum atomic E-state index is 14.3. The number of hydrazine groups is 1. The van der Waals surface area contributed by atoms with Crippen LogP contribution in [0.5, 0.6) is 0 Å². The Hall–Kier alpha value is -1.67. The molecule has 0 saturated carbocycles. The number of thioether (sulfide) groups is 1. The van der Waals surface area contributed by atoms with Gasteiger partial charge in [-0.25, -0.2) is 19.2 Å². The summed E-state index contributed by atoms with van der Waals surface area (Å²) >= 11 is 7.23. The van der Waals surface area contributed by atoms with Crippen LogP contribution in [0.1, 0.15) is 18.4 Å². The molecular weight excluding hydrogens is 378 g/mol. The van der Waals surface area contributed by atoms with Gasteiger partial charge in [0, 0.05) is 17.6 Å². The molecule has 26 heavy (non-hydrogen) atoms. The zero-order chi connectivity index (χ0) is 18.7. The second-order valence-electron chi connectivity index (χ2n) is 5.96. The summed E-state index contributed by atoms with van der Waals surface area (Å²) in [7, 11) is 0. The summed E-state index contributed by atoms with van der Waals surface area (Å²) in [5.41, 5.74) is 7.47. The predicted octanol–water partition coefficient (Wildman–Crippen LogP) is 4.36. The van der Waals surface area contributed by atoms with Crippen molar-refractivity contribution in [2.75, 3.05) is 11.6 Å². The number of nitrogens with zero attached hydrogens (tertiary/aromatic N) is 1. The number of anilines is 1. The molecule has 1 saturated heterocycles. The standard InChI is InChI=1S/C18H19ClF2N4S/c1-10-16(12-5-3-4-6-14(12)20)17(25-24-10)23-18(26-2)22-11-7-8-15(21)13(19)9-11/h3-10,16-17,24-25H,1-2H3,(H,22,23). The van der Waals surface area contributed by atoms with Gasteiger partial charge in [0.2, 0.25) is 0 Å². The van der Waals surface area contributed by atoms with Crippen molar-refractivity contribution in [3.8, 4) is 0 Å². The second kappa shape index (κ2) is 8.35. The van der Waals surface area contributed by atoms with Crippen molar-refractivity contribution < 1.29 is 8.78 Å². The lowest BCUT2D eigenvalue weighted by molar-refractivity contribution is 0.516. The minimum Gasteiger partial charge on any atom is -0.335 e. The molecule has 138 valence electrons. The van der Waals surface area contributed by atoms with Gasteiger partial charge in [-0.3, -0.25) is 5.43 Å².